The Bertz CT molecular complexity index is 655. The molecule has 1 amide bonds. The van der Waals surface area contributed by atoms with Gasteiger partial charge in [0, 0.05) is 31.0 Å². The smallest absolute Gasteiger partial charge is 0.257 e. The highest BCUT2D eigenvalue weighted by Crippen LogP contribution is 2.30. The Labute approximate surface area is 124 Å². The molecule has 0 aliphatic heterocycles. The molecule has 5 nitrogen and oxygen atoms in total. The van der Waals surface area contributed by atoms with Crippen molar-refractivity contribution in [2.75, 3.05) is 5.73 Å². The molecule has 3 rings (SSSR count). The van der Waals surface area contributed by atoms with Crippen LogP contribution in [-0.4, -0.2) is 26.6 Å². The minimum atomic E-state index is 0.0694. The van der Waals surface area contributed by atoms with Gasteiger partial charge in [-0.3, -0.25) is 9.48 Å². The van der Waals surface area contributed by atoms with E-state index in [4.69, 9.17) is 5.73 Å². The minimum Gasteiger partial charge on any atom is -0.399 e. The van der Waals surface area contributed by atoms with Crippen LogP contribution in [0.5, 0.6) is 0 Å². The maximum atomic E-state index is 12.8. The Balaban J connectivity index is 1.83. The number of nitrogens with two attached hydrogens (primary N) is 1. The molecule has 0 atom stereocenters. The molecule has 110 valence electrons. The number of aromatic nitrogens is 2. The molecule has 1 heterocycles. The van der Waals surface area contributed by atoms with Crippen LogP contribution in [0.3, 0.4) is 0 Å². The molecule has 1 aromatic heterocycles. The van der Waals surface area contributed by atoms with Crippen LogP contribution in [0.25, 0.3) is 0 Å². The van der Waals surface area contributed by atoms with Gasteiger partial charge in [0.25, 0.3) is 5.91 Å². The molecule has 5 heteroatoms. The van der Waals surface area contributed by atoms with Gasteiger partial charge in [0.15, 0.2) is 0 Å². The van der Waals surface area contributed by atoms with Crippen molar-refractivity contribution in [1.29, 1.82) is 0 Å². The predicted octanol–water partition coefficient (Wildman–Crippen LogP) is 2.12. The number of nitrogen functional groups attached to an aromatic ring is 1. The van der Waals surface area contributed by atoms with E-state index < -0.39 is 0 Å². The first-order valence-corrected chi connectivity index (χ1v) is 7.20. The van der Waals surface area contributed by atoms with Crippen LogP contribution in [0, 0.1) is 6.92 Å². The Kier molecular flexibility index (Phi) is 3.41. The Morgan fingerprint density at radius 1 is 1.38 bits per heavy atom. The normalized spacial score (nSPS) is 14.2. The van der Waals surface area contributed by atoms with Crippen molar-refractivity contribution in [3.8, 4) is 0 Å². The van der Waals surface area contributed by atoms with E-state index in [1.54, 1.807) is 10.9 Å². The van der Waals surface area contributed by atoms with Crippen molar-refractivity contribution in [3.05, 3.63) is 47.3 Å². The molecular formula is C16H20N4O. The van der Waals surface area contributed by atoms with Crippen LogP contribution >= 0.6 is 0 Å². The van der Waals surface area contributed by atoms with Gasteiger partial charge < -0.3 is 10.6 Å². The number of hydrogen-bond donors (Lipinski definition) is 1. The zero-order chi connectivity index (χ0) is 15.0. The molecule has 0 radical (unpaired) electrons. The van der Waals surface area contributed by atoms with Gasteiger partial charge in [0.2, 0.25) is 0 Å². The molecule has 2 aromatic rings. The van der Waals surface area contributed by atoms with Gasteiger partial charge in [-0.05, 0) is 37.5 Å². The average molecular weight is 284 g/mol. The third kappa shape index (κ3) is 2.77. The number of aryl methyl sites for hydroxylation is 1. The summed E-state index contributed by atoms with van der Waals surface area (Å²) in [6, 6.07) is 8.07. The lowest BCUT2D eigenvalue weighted by Crippen LogP contribution is -2.32. The summed E-state index contributed by atoms with van der Waals surface area (Å²) in [7, 11) is 1.85. The average Bonchev–Trinajstić information content (AvgIpc) is 3.25. The molecule has 1 aliphatic carbocycles. The highest BCUT2D eigenvalue weighted by Gasteiger charge is 2.34. The summed E-state index contributed by atoms with van der Waals surface area (Å²) in [6.07, 6.45) is 3.83. The maximum absolute atomic E-state index is 12.8. The first kappa shape index (κ1) is 13.7. The summed E-state index contributed by atoms with van der Waals surface area (Å²) >= 11 is 0. The molecule has 0 bridgehead atoms. The van der Waals surface area contributed by atoms with E-state index in [1.807, 2.05) is 43.1 Å². The first-order valence-electron chi connectivity index (χ1n) is 7.20. The lowest BCUT2D eigenvalue weighted by molar-refractivity contribution is 0.0729. The number of amides is 1. The van der Waals surface area contributed by atoms with Crippen molar-refractivity contribution in [2.45, 2.75) is 32.4 Å². The molecule has 1 aliphatic rings. The topological polar surface area (TPSA) is 64.2 Å². The van der Waals surface area contributed by atoms with Crippen LogP contribution in [0.2, 0.25) is 0 Å². The Morgan fingerprint density at radius 2 is 2.05 bits per heavy atom. The zero-order valence-corrected chi connectivity index (χ0v) is 12.4. The summed E-state index contributed by atoms with van der Waals surface area (Å²) in [5.74, 6) is 0.0694. The van der Waals surface area contributed by atoms with E-state index in [9.17, 15) is 4.79 Å². The molecule has 0 spiro atoms. The number of hydrogen-bond acceptors (Lipinski definition) is 3. The fourth-order valence-electron chi connectivity index (χ4n) is 2.44. The van der Waals surface area contributed by atoms with Crippen molar-refractivity contribution < 1.29 is 4.79 Å². The molecule has 1 saturated carbocycles. The van der Waals surface area contributed by atoms with Crippen LogP contribution in [0.4, 0.5) is 5.69 Å². The van der Waals surface area contributed by atoms with Gasteiger partial charge >= 0.3 is 0 Å². The van der Waals surface area contributed by atoms with Gasteiger partial charge in [0.05, 0.1) is 11.8 Å². The fraction of sp³-hybridized carbons (Fsp3) is 0.375. The zero-order valence-electron chi connectivity index (χ0n) is 12.4. The lowest BCUT2D eigenvalue weighted by Gasteiger charge is -2.22. The summed E-state index contributed by atoms with van der Waals surface area (Å²) in [4.78, 5) is 14.7. The van der Waals surface area contributed by atoms with Crippen molar-refractivity contribution in [3.63, 3.8) is 0 Å². The van der Waals surface area contributed by atoms with E-state index in [1.165, 1.54) is 0 Å². The monoisotopic (exact) mass is 284 g/mol. The van der Waals surface area contributed by atoms with Crippen molar-refractivity contribution in [2.24, 2.45) is 7.05 Å². The first-order chi connectivity index (χ1) is 10.1. The molecule has 1 fully saturated rings. The van der Waals surface area contributed by atoms with Gasteiger partial charge in [-0.15, -0.1) is 0 Å². The molecule has 2 N–H and O–H groups in total. The third-order valence-corrected chi connectivity index (χ3v) is 4.05. The number of nitrogens with zero attached hydrogens (tertiary/aromatic N) is 3. The van der Waals surface area contributed by atoms with E-state index >= 15 is 0 Å². The SMILES string of the molecule is Cc1c(C(=O)N(Cc2ccc(N)cc2)C2CC2)cnn1C. The van der Waals surface area contributed by atoms with Gasteiger partial charge in [-0.2, -0.15) is 5.10 Å². The van der Waals surface area contributed by atoms with Gasteiger partial charge in [-0.1, -0.05) is 12.1 Å². The molecule has 0 unspecified atom stereocenters. The van der Waals surface area contributed by atoms with Gasteiger partial charge in [-0.25, -0.2) is 0 Å². The maximum Gasteiger partial charge on any atom is 0.257 e. The Hall–Kier alpha value is -2.30. The number of anilines is 1. The number of carbonyl (C=O) groups is 1. The van der Waals surface area contributed by atoms with E-state index in [0.717, 1.165) is 29.8 Å². The standard InChI is InChI=1S/C16H20N4O/c1-11-15(9-18-19(11)2)16(21)20(14-7-8-14)10-12-3-5-13(17)6-4-12/h3-6,9,14H,7-8,10,17H2,1-2H3. The van der Waals surface area contributed by atoms with E-state index in [0.29, 0.717) is 18.2 Å². The highest BCUT2D eigenvalue weighted by molar-refractivity contribution is 5.95. The van der Waals surface area contributed by atoms with Crippen LogP contribution in [-0.2, 0) is 13.6 Å². The second kappa shape index (κ2) is 5.24. The summed E-state index contributed by atoms with van der Waals surface area (Å²) in [6.45, 7) is 2.55. The minimum absolute atomic E-state index is 0.0694. The molecule has 1 aromatic carbocycles. The lowest BCUT2D eigenvalue weighted by atomic mass is 10.1. The summed E-state index contributed by atoms with van der Waals surface area (Å²) in [5, 5.41) is 4.17. The number of carbonyl (C=O) groups excluding carboxylic acids is 1. The number of rotatable bonds is 4. The van der Waals surface area contributed by atoms with E-state index in [-0.39, 0.29) is 5.91 Å². The predicted molar refractivity (Wildman–Crippen MR) is 81.7 cm³/mol. The van der Waals surface area contributed by atoms with Crippen molar-refractivity contribution >= 4 is 11.6 Å². The number of benzene rings is 1. The van der Waals surface area contributed by atoms with Crippen LogP contribution < -0.4 is 5.73 Å². The van der Waals surface area contributed by atoms with Crippen LogP contribution in [0.15, 0.2) is 30.5 Å². The highest BCUT2D eigenvalue weighted by atomic mass is 16.2. The second-order valence-corrected chi connectivity index (χ2v) is 5.67. The fourth-order valence-corrected chi connectivity index (χ4v) is 2.44. The molecule has 21 heavy (non-hydrogen) atoms. The van der Waals surface area contributed by atoms with Crippen LogP contribution in [0.1, 0.15) is 34.5 Å². The summed E-state index contributed by atoms with van der Waals surface area (Å²) in [5.41, 5.74) is 9.16. The second-order valence-electron chi connectivity index (χ2n) is 5.67. The van der Waals surface area contributed by atoms with E-state index in [2.05, 4.69) is 5.10 Å². The third-order valence-electron chi connectivity index (χ3n) is 4.05. The largest absolute Gasteiger partial charge is 0.399 e. The molecule has 0 saturated heterocycles. The quantitative estimate of drug-likeness (QED) is 0.875. The van der Waals surface area contributed by atoms with Crippen molar-refractivity contribution in [1.82, 2.24) is 14.7 Å². The Morgan fingerprint density at radius 3 is 2.57 bits per heavy atom. The molecular weight excluding hydrogens is 264 g/mol. The summed E-state index contributed by atoms with van der Waals surface area (Å²) < 4.78 is 1.74. The van der Waals surface area contributed by atoms with Gasteiger partial charge in [0.1, 0.15) is 0 Å².